The number of hydrogen-bond donors (Lipinski definition) is 1. The summed E-state index contributed by atoms with van der Waals surface area (Å²) in [7, 11) is -1.67. The van der Waals surface area contributed by atoms with E-state index in [1.54, 1.807) is 0 Å². The van der Waals surface area contributed by atoms with Gasteiger partial charge in [0.05, 0.1) is 12.7 Å². The predicted octanol–water partition coefficient (Wildman–Crippen LogP) is 5.07. The van der Waals surface area contributed by atoms with Crippen molar-refractivity contribution in [3.8, 4) is 0 Å². The first-order chi connectivity index (χ1) is 12.7. The second-order valence-corrected chi connectivity index (χ2v) is 14.0. The van der Waals surface area contributed by atoms with Gasteiger partial charge in [-0.05, 0) is 49.4 Å². The first-order valence-corrected chi connectivity index (χ1v) is 13.0. The molecule has 5 nitrogen and oxygen atoms in total. The van der Waals surface area contributed by atoms with Crippen LogP contribution in [-0.2, 0) is 11.0 Å². The number of benzene rings is 1. The second-order valence-electron chi connectivity index (χ2n) is 9.26. The summed E-state index contributed by atoms with van der Waals surface area (Å²) >= 11 is 0. The van der Waals surface area contributed by atoms with Crippen LogP contribution in [0.1, 0.15) is 52.0 Å². The molecule has 1 saturated carbocycles. The van der Waals surface area contributed by atoms with Crippen LogP contribution in [0.3, 0.4) is 0 Å². The number of nitrogens with one attached hydrogen (secondary N) is 1. The van der Waals surface area contributed by atoms with Crippen molar-refractivity contribution in [2.75, 3.05) is 5.32 Å². The lowest BCUT2D eigenvalue weighted by atomic mass is 9.93. The summed E-state index contributed by atoms with van der Waals surface area (Å²) < 4.78 is 8.56. The Morgan fingerprint density at radius 2 is 1.78 bits per heavy atom. The van der Waals surface area contributed by atoms with E-state index in [-0.39, 0.29) is 5.04 Å². The standard InChI is InChI=1S/C21H34N4OSi/c1-21(2,3)27(4,5)26-19-13-11-18(12-14-19)23-20-15-22-24-25(20)16-17-9-7-6-8-10-17/h6-10,15,18-19,23H,11-14,16H2,1-5H3. The summed E-state index contributed by atoms with van der Waals surface area (Å²) in [6.07, 6.45) is 6.78. The minimum Gasteiger partial charge on any atom is -0.414 e. The van der Waals surface area contributed by atoms with Crippen LogP contribution < -0.4 is 5.32 Å². The molecule has 0 saturated heterocycles. The first kappa shape index (κ1) is 20.1. The molecule has 3 rings (SSSR count). The zero-order valence-corrected chi connectivity index (χ0v) is 18.4. The third kappa shape index (κ3) is 5.20. The van der Waals surface area contributed by atoms with Gasteiger partial charge in [0, 0.05) is 12.1 Å². The van der Waals surface area contributed by atoms with Gasteiger partial charge in [0.15, 0.2) is 8.32 Å². The average Bonchev–Trinajstić information content (AvgIpc) is 3.03. The van der Waals surface area contributed by atoms with E-state index in [1.165, 1.54) is 5.56 Å². The monoisotopic (exact) mass is 386 g/mol. The lowest BCUT2D eigenvalue weighted by Crippen LogP contribution is -2.45. The number of aromatic nitrogens is 3. The minimum atomic E-state index is -1.67. The Bertz CT molecular complexity index is 715. The molecule has 0 radical (unpaired) electrons. The van der Waals surface area contributed by atoms with Crippen LogP contribution in [0.15, 0.2) is 36.5 Å². The van der Waals surface area contributed by atoms with Crippen molar-refractivity contribution < 1.29 is 4.43 Å². The molecule has 1 fully saturated rings. The Hall–Kier alpha value is -1.66. The topological polar surface area (TPSA) is 52.0 Å². The van der Waals surface area contributed by atoms with Crippen LogP contribution in [0, 0.1) is 0 Å². The maximum atomic E-state index is 6.61. The molecule has 0 amide bonds. The van der Waals surface area contributed by atoms with Gasteiger partial charge in [-0.1, -0.05) is 56.3 Å². The molecule has 2 aromatic rings. The van der Waals surface area contributed by atoms with Crippen LogP contribution in [0.4, 0.5) is 5.82 Å². The highest BCUT2D eigenvalue weighted by molar-refractivity contribution is 6.74. The maximum Gasteiger partial charge on any atom is 0.192 e. The molecule has 0 spiro atoms. The van der Waals surface area contributed by atoms with Crippen LogP contribution in [0.2, 0.25) is 18.1 Å². The van der Waals surface area contributed by atoms with Gasteiger partial charge in [0.2, 0.25) is 0 Å². The van der Waals surface area contributed by atoms with Crippen molar-refractivity contribution in [3.63, 3.8) is 0 Å². The van der Waals surface area contributed by atoms with Gasteiger partial charge < -0.3 is 9.74 Å². The third-order valence-corrected chi connectivity index (χ3v) is 10.6. The largest absolute Gasteiger partial charge is 0.414 e. The molecule has 1 aliphatic rings. The van der Waals surface area contributed by atoms with Crippen molar-refractivity contribution in [2.45, 2.75) is 83.3 Å². The Kier molecular flexibility index (Phi) is 6.06. The molecule has 0 unspecified atom stereocenters. The average molecular weight is 387 g/mol. The first-order valence-electron chi connectivity index (χ1n) is 10.1. The van der Waals surface area contributed by atoms with Crippen LogP contribution >= 0.6 is 0 Å². The SMILES string of the molecule is CC(C)(C)[Si](C)(C)OC1CCC(Nc2cnnn2Cc2ccccc2)CC1. The van der Waals surface area contributed by atoms with E-state index in [1.807, 2.05) is 16.9 Å². The molecule has 1 aromatic carbocycles. The van der Waals surface area contributed by atoms with Crippen molar-refractivity contribution in [3.05, 3.63) is 42.1 Å². The van der Waals surface area contributed by atoms with Gasteiger partial charge in [0.25, 0.3) is 0 Å². The Balaban J connectivity index is 1.52. The van der Waals surface area contributed by atoms with E-state index in [9.17, 15) is 0 Å². The van der Waals surface area contributed by atoms with Crippen molar-refractivity contribution in [1.82, 2.24) is 15.0 Å². The molecule has 0 bridgehead atoms. The van der Waals surface area contributed by atoms with Gasteiger partial charge in [0.1, 0.15) is 5.82 Å². The molecule has 0 aliphatic heterocycles. The number of hydrogen-bond acceptors (Lipinski definition) is 4. The van der Waals surface area contributed by atoms with Crippen LogP contribution in [-0.4, -0.2) is 35.5 Å². The highest BCUT2D eigenvalue weighted by Gasteiger charge is 2.39. The number of rotatable bonds is 6. The van der Waals surface area contributed by atoms with Gasteiger partial charge >= 0.3 is 0 Å². The van der Waals surface area contributed by atoms with Crippen molar-refractivity contribution >= 4 is 14.1 Å². The van der Waals surface area contributed by atoms with Crippen molar-refractivity contribution in [2.24, 2.45) is 0 Å². The summed E-state index contributed by atoms with van der Waals surface area (Å²) in [6, 6.07) is 10.9. The van der Waals surface area contributed by atoms with Crippen LogP contribution in [0.25, 0.3) is 0 Å². The van der Waals surface area contributed by atoms with E-state index in [0.717, 1.165) is 38.0 Å². The quantitative estimate of drug-likeness (QED) is 0.704. The molecule has 1 N–H and O–H groups in total. The lowest BCUT2D eigenvalue weighted by Gasteiger charge is -2.41. The van der Waals surface area contributed by atoms with Gasteiger partial charge in [-0.2, -0.15) is 0 Å². The number of anilines is 1. The summed E-state index contributed by atoms with van der Waals surface area (Å²) in [5.74, 6) is 1.01. The van der Waals surface area contributed by atoms with E-state index in [0.29, 0.717) is 12.1 Å². The summed E-state index contributed by atoms with van der Waals surface area (Å²) in [5, 5.41) is 12.3. The van der Waals surface area contributed by atoms with Crippen molar-refractivity contribution in [1.29, 1.82) is 0 Å². The van der Waals surface area contributed by atoms with Gasteiger partial charge in [-0.3, -0.25) is 0 Å². The fourth-order valence-electron chi connectivity index (χ4n) is 3.37. The molecular formula is C21H34N4OSi. The fraction of sp³-hybridized carbons (Fsp3) is 0.619. The molecule has 0 atom stereocenters. The van der Waals surface area contributed by atoms with E-state index in [4.69, 9.17) is 4.43 Å². The normalized spacial score (nSPS) is 21.2. The molecule has 6 heteroatoms. The zero-order valence-electron chi connectivity index (χ0n) is 17.4. The highest BCUT2D eigenvalue weighted by atomic mass is 28.4. The second kappa shape index (κ2) is 8.15. The molecule has 148 valence electrons. The molecule has 1 aromatic heterocycles. The Labute approximate surface area is 164 Å². The molecular weight excluding hydrogens is 352 g/mol. The van der Waals surface area contributed by atoms with Crippen LogP contribution in [0.5, 0.6) is 0 Å². The minimum absolute atomic E-state index is 0.276. The summed E-state index contributed by atoms with van der Waals surface area (Å²) in [6.45, 7) is 12.4. The smallest absolute Gasteiger partial charge is 0.192 e. The number of nitrogens with zero attached hydrogens (tertiary/aromatic N) is 3. The molecule has 1 heterocycles. The summed E-state index contributed by atoms with van der Waals surface area (Å²) in [4.78, 5) is 0. The zero-order chi connectivity index (χ0) is 19.5. The Morgan fingerprint density at radius 1 is 1.11 bits per heavy atom. The lowest BCUT2D eigenvalue weighted by molar-refractivity contribution is 0.133. The van der Waals surface area contributed by atoms with Gasteiger partial charge in [-0.15, -0.1) is 5.10 Å². The summed E-state index contributed by atoms with van der Waals surface area (Å²) in [5.41, 5.74) is 1.23. The third-order valence-electron chi connectivity index (χ3n) is 6.09. The molecule has 27 heavy (non-hydrogen) atoms. The van der Waals surface area contributed by atoms with E-state index in [2.05, 4.69) is 73.8 Å². The Morgan fingerprint density at radius 3 is 2.41 bits per heavy atom. The highest BCUT2D eigenvalue weighted by Crippen LogP contribution is 2.39. The van der Waals surface area contributed by atoms with Gasteiger partial charge in [-0.25, -0.2) is 4.68 Å². The molecule has 1 aliphatic carbocycles. The van der Waals surface area contributed by atoms with E-state index >= 15 is 0 Å². The van der Waals surface area contributed by atoms with E-state index < -0.39 is 8.32 Å². The predicted molar refractivity (Wildman–Crippen MR) is 114 cm³/mol. The maximum absolute atomic E-state index is 6.61. The fourth-order valence-corrected chi connectivity index (χ4v) is 4.79.